The van der Waals surface area contributed by atoms with Gasteiger partial charge in [-0.25, -0.2) is 0 Å². The molecule has 0 saturated heterocycles. The van der Waals surface area contributed by atoms with Crippen molar-refractivity contribution in [1.82, 2.24) is 9.58 Å². The van der Waals surface area contributed by atoms with Crippen molar-refractivity contribution in [3.63, 3.8) is 0 Å². The summed E-state index contributed by atoms with van der Waals surface area (Å²) in [6.45, 7) is 3.27. The molecule has 2 bridgehead atoms. The number of aromatic nitrogens is 1. The van der Waals surface area contributed by atoms with Gasteiger partial charge in [0.1, 0.15) is 31.7 Å². The summed E-state index contributed by atoms with van der Waals surface area (Å²) in [5.74, 6) is 0.567. The molecule has 0 aliphatic carbocycles. The molecule has 1 unspecified atom stereocenters. The van der Waals surface area contributed by atoms with Crippen molar-refractivity contribution < 1.29 is 14.3 Å². The summed E-state index contributed by atoms with van der Waals surface area (Å²) in [6.07, 6.45) is 3.67. The molecule has 7 nitrogen and oxygen atoms in total. The lowest BCUT2D eigenvalue weighted by Gasteiger charge is -2.44. The van der Waals surface area contributed by atoms with E-state index >= 15 is 0 Å². The molecule has 39 heavy (non-hydrogen) atoms. The third-order valence-corrected chi connectivity index (χ3v) is 7.08. The molecule has 7 heteroatoms. The van der Waals surface area contributed by atoms with Gasteiger partial charge < -0.3 is 14.4 Å². The third kappa shape index (κ3) is 4.79. The molecular formula is C32H29N3O4. The molecular weight excluding hydrogens is 490 g/mol. The maximum atomic E-state index is 14.0. The van der Waals surface area contributed by atoms with E-state index < -0.39 is 0 Å². The Balaban J connectivity index is 1.55. The number of nitrogens with zero attached hydrogens (tertiary/aromatic N) is 3. The smallest absolute Gasteiger partial charge is 0.278 e. The quantitative estimate of drug-likeness (QED) is 0.359. The summed E-state index contributed by atoms with van der Waals surface area (Å²) >= 11 is 0. The minimum atomic E-state index is -0.330. The normalized spacial score (nSPS) is 18.1. The first-order valence-corrected chi connectivity index (χ1v) is 13.0. The second-order valence-electron chi connectivity index (χ2n) is 9.77. The van der Waals surface area contributed by atoms with E-state index in [4.69, 9.17) is 9.47 Å². The van der Waals surface area contributed by atoms with E-state index in [-0.39, 0.29) is 35.4 Å². The van der Waals surface area contributed by atoms with Gasteiger partial charge in [0.15, 0.2) is 11.4 Å². The van der Waals surface area contributed by atoms with Crippen molar-refractivity contribution >= 4 is 5.91 Å². The fourth-order valence-corrected chi connectivity index (χ4v) is 5.20. The standard InChI is InChI=1S/C32H29N3O4/c1-23-17-19-38-28-15-9-8-14-26(28)29(25-12-6-3-7-13-25)35-22-33(20-23)32(37)30-31(27(36)16-18-34(30)35)39-21-24-10-4-2-5-11-24/h2-18,29H,19-22H2,1H3/b23-17-. The zero-order chi connectivity index (χ0) is 26.8. The molecule has 1 atom stereocenters. The Kier molecular flexibility index (Phi) is 6.63. The summed E-state index contributed by atoms with van der Waals surface area (Å²) < 4.78 is 14.1. The van der Waals surface area contributed by atoms with Crippen LogP contribution in [0.2, 0.25) is 0 Å². The maximum absolute atomic E-state index is 14.0. The first-order valence-electron chi connectivity index (χ1n) is 13.0. The topological polar surface area (TPSA) is 64.0 Å². The van der Waals surface area contributed by atoms with Crippen LogP contribution in [0, 0.1) is 0 Å². The molecule has 3 heterocycles. The first-order chi connectivity index (χ1) is 19.1. The lowest BCUT2D eigenvalue weighted by Crippen LogP contribution is -2.56. The molecule has 0 saturated carbocycles. The van der Waals surface area contributed by atoms with Crippen molar-refractivity contribution in [2.24, 2.45) is 0 Å². The largest absolute Gasteiger partial charge is 0.489 e. The fraction of sp³-hybridized carbons (Fsp3) is 0.188. The predicted octanol–water partition coefficient (Wildman–Crippen LogP) is 4.91. The number of ether oxygens (including phenoxy) is 2. The summed E-state index contributed by atoms with van der Waals surface area (Å²) in [5.41, 5.74) is 3.79. The molecule has 0 spiro atoms. The molecule has 6 rings (SSSR count). The third-order valence-electron chi connectivity index (χ3n) is 7.08. The van der Waals surface area contributed by atoms with Gasteiger partial charge >= 0.3 is 0 Å². The zero-order valence-corrected chi connectivity index (χ0v) is 21.7. The Morgan fingerprint density at radius 3 is 2.41 bits per heavy atom. The van der Waals surface area contributed by atoms with Gasteiger partial charge in [0.25, 0.3) is 5.91 Å². The maximum Gasteiger partial charge on any atom is 0.278 e. The molecule has 0 radical (unpaired) electrons. The van der Waals surface area contributed by atoms with Crippen molar-refractivity contribution in [3.8, 4) is 11.5 Å². The second kappa shape index (κ2) is 10.5. The highest BCUT2D eigenvalue weighted by Gasteiger charge is 2.38. The van der Waals surface area contributed by atoms with Crippen LogP contribution >= 0.6 is 0 Å². The minimum Gasteiger partial charge on any atom is -0.489 e. The van der Waals surface area contributed by atoms with Crippen molar-refractivity contribution in [2.75, 3.05) is 24.8 Å². The molecule has 2 aliphatic heterocycles. The summed E-state index contributed by atoms with van der Waals surface area (Å²) in [5, 5.41) is 2.10. The number of carbonyl (C=O) groups excluding carboxylic acids is 1. The highest BCUT2D eigenvalue weighted by atomic mass is 16.5. The summed E-state index contributed by atoms with van der Waals surface area (Å²) in [4.78, 5) is 28.9. The van der Waals surface area contributed by atoms with Gasteiger partial charge in [-0.05, 0) is 30.2 Å². The molecule has 2 aliphatic rings. The van der Waals surface area contributed by atoms with E-state index in [1.165, 1.54) is 6.07 Å². The zero-order valence-electron chi connectivity index (χ0n) is 21.7. The van der Waals surface area contributed by atoms with Crippen LogP contribution in [0.25, 0.3) is 0 Å². The number of para-hydroxylation sites is 1. The molecule has 1 aromatic heterocycles. The molecule has 196 valence electrons. The van der Waals surface area contributed by atoms with Crippen molar-refractivity contribution in [3.05, 3.63) is 141 Å². The van der Waals surface area contributed by atoms with Gasteiger partial charge in [0, 0.05) is 24.4 Å². The van der Waals surface area contributed by atoms with Crippen LogP contribution in [0.5, 0.6) is 11.5 Å². The van der Waals surface area contributed by atoms with E-state index in [2.05, 4.69) is 23.2 Å². The van der Waals surface area contributed by atoms with Crippen LogP contribution in [0.4, 0.5) is 0 Å². The monoisotopic (exact) mass is 519 g/mol. The predicted molar refractivity (Wildman–Crippen MR) is 150 cm³/mol. The molecule has 1 amide bonds. The van der Waals surface area contributed by atoms with E-state index in [9.17, 15) is 9.59 Å². The van der Waals surface area contributed by atoms with Gasteiger partial charge in [0.05, 0.1) is 0 Å². The van der Waals surface area contributed by atoms with E-state index in [1.807, 2.05) is 79.7 Å². The summed E-state index contributed by atoms with van der Waals surface area (Å²) in [7, 11) is 0. The second-order valence-corrected chi connectivity index (χ2v) is 9.77. The van der Waals surface area contributed by atoms with Gasteiger partial charge in [-0.3, -0.25) is 19.3 Å². The van der Waals surface area contributed by atoms with Crippen LogP contribution in [0.1, 0.15) is 40.1 Å². The first kappa shape index (κ1) is 24.6. The summed E-state index contributed by atoms with van der Waals surface area (Å²) in [6, 6.07) is 28.9. The lowest BCUT2D eigenvalue weighted by molar-refractivity contribution is 0.0693. The van der Waals surface area contributed by atoms with Crippen LogP contribution in [0.3, 0.4) is 0 Å². The average Bonchev–Trinajstić information content (AvgIpc) is 2.98. The Morgan fingerprint density at radius 2 is 1.62 bits per heavy atom. The van der Waals surface area contributed by atoms with Crippen LogP contribution < -0.4 is 19.9 Å². The van der Waals surface area contributed by atoms with Crippen molar-refractivity contribution in [2.45, 2.75) is 19.6 Å². The number of rotatable bonds is 4. The Bertz CT molecular complexity index is 1580. The van der Waals surface area contributed by atoms with E-state index in [0.29, 0.717) is 19.8 Å². The minimum absolute atomic E-state index is 0.0499. The van der Waals surface area contributed by atoms with Gasteiger partial charge in [0.2, 0.25) is 5.43 Å². The number of fused-ring (bicyclic) bond motifs is 5. The number of benzene rings is 3. The molecule has 3 aromatic carbocycles. The SMILES string of the molecule is C/C1=C/COc2ccccc2C(c2ccccc2)N2CN(C1)C(=O)c1c(OCc3ccccc3)c(=O)ccn12. The number of pyridine rings is 1. The van der Waals surface area contributed by atoms with E-state index in [0.717, 1.165) is 28.0 Å². The average molecular weight is 520 g/mol. The lowest BCUT2D eigenvalue weighted by atomic mass is 9.97. The Hall–Kier alpha value is -4.78. The Labute approximate surface area is 227 Å². The number of hydrogen-bond acceptors (Lipinski definition) is 5. The van der Waals surface area contributed by atoms with Crippen LogP contribution in [0.15, 0.2) is 114 Å². The number of carbonyl (C=O) groups is 1. The van der Waals surface area contributed by atoms with Crippen LogP contribution in [-0.4, -0.2) is 35.3 Å². The Morgan fingerprint density at radius 1 is 0.897 bits per heavy atom. The number of amides is 1. The highest BCUT2D eigenvalue weighted by molar-refractivity contribution is 5.96. The molecule has 0 N–H and O–H groups in total. The van der Waals surface area contributed by atoms with Gasteiger partial charge in [-0.2, -0.15) is 0 Å². The fourth-order valence-electron chi connectivity index (χ4n) is 5.20. The van der Waals surface area contributed by atoms with Crippen molar-refractivity contribution in [1.29, 1.82) is 0 Å². The van der Waals surface area contributed by atoms with E-state index in [1.54, 1.807) is 15.8 Å². The molecule has 4 aromatic rings. The molecule has 0 fully saturated rings. The van der Waals surface area contributed by atoms with Gasteiger partial charge in [-0.15, -0.1) is 0 Å². The number of hydrogen-bond donors (Lipinski definition) is 0. The van der Waals surface area contributed by atoms with Crippen LogP contribution in [-0.2, 0) is 6.61 Å². The van der Waals surface area contributed by atoms with Gasteiger partial charge in [-0.1, -0.05) is 84.4 Å². The highest BCUT2D eigenvalue weighted by Crippen LogP contribution is 2.37.